The van der Waals surface area contributed by atoms with Gasteiger partial charge in [-0.05, 0) is 43.3 Å². The molecule has 1 heterocycles. The van der Waals surface area contributed by atoms with Gasteiger partial charge in [0.15, 0.2) is 5.16 Å². The zero-order valence-corrected chi connectivity index (χ0v) is 10.9. The third-order valence-corrected chi connectivity index (χ3v) is 4.41. The molecule has 3 rings (SSSR count). The Morgan fingerprint density at radius 2 is 2.24 bits per heavy atom. The molecule has 17 heavy (non-hydrogen) atoms. The number of nitrogen functional groups attached to an aromatic ring is 1. The molecule has 0 aromatic carbocycles. The van der Waals surface area contributed by atoms with E-state index < -0.39 is 0 Å². The molecule has 4 nitrogen and oxygen atoms in total. The van der Waals surface area contributed by atoms with E-state index in [0.717, 1.165) is 23.4 Å². The van der Waals surface area contributed by atoms with Crippen LogP contribution in [-0.4, -0.2) is 22.8 Å². The minimum Gasteiger partial charge on any atom is -0.383 e. The van der Waals surface area contributed by atoms with Crippen molar-refractivity contribution < 1.29 is 0 Å². The molecule has 1 aromatic heterocycles. The number of nitrogens with zero attached hydrogens (tertiary/aromatic N) is 2. The first-order valence-electron chi connectivity index (χ1n) is 6.14. The lowest BCUT2D eigenvalue weighted by Crippen LogP contribution is -2.18. The molecule has 0 aliphatic heterocycles. The second kappa shape index (κ2) is 4.05. The van der Waals surface area contributed by atoms with Gasteiger partial charge in [-0.15, -0.1) is 0 Å². The highest BCUT2D eigenvalue weighted by atomic mass is 32.2. The van der Waals surface area contributed by atoms with Crippen LogP contribution in [0.25, 0.3) is 0 Å². The summed E-state index contributed by atoms with van der Waals surface area (Å²) in [4.78, 5) is 8.57. The minimum absolute atomic E-state index is 0.545. The maximum atomic E-state index is 5.76. The summed E-state index contributed by atoms with van der Waals surface area (Å²) in [6.45, 7) is 1.04. The molecule has 2 fully saturated rings. The summed E-state index contributed by atoms with van der Waals surface area (Å²) < 4.78 is 0. The molecule has 0 spiro atoms. The van der Waals surface area contributed by atoms with Crippen LogP contribution < -0.4 is 11.1 Å². The van der Waals surface area contributed by atoms with Gasteiger partial charge in [0.1, 0.15) is 11.6 Å². The van der Waals surface area contributed by atoms with Crippen LogP contribution in [-0.2, 0) is 0 Å². The van der Waals surface area contributed by atoms with Gasteiger partial charge in [-0.25, -0.2) is 9.97 Å². The number of nitrogens with one attached hydrogen (secondary N) is 1. The van der Waals surface area contributed by atoms with E-state index in [-0.39, 0.29) is 0 Å². The van der Waals surface area contributed by atoms with Crippen molar-refractivity contribution >= 4 is 23.4 Å². The maximum absolute atomic E-state index is 5.76. The number of hydrogen-bond donors (Lipinski definition) is 2. The van der Waals surface area contributed by atoms with Gasteiger partial charge in [-0.2, -0.15) is 0 Å². The summed E-state index contributed by atoms with van der Waals surface area (Å²) in [5, 5.41) is 4.18. The van der Waals surface area contributed by atoms with Gasteiger partial charge in [0.25, 0.3) is 0 Å². The van der Waals surface area contributed by atoms with E-state index in [1.165, 1.54) is 37.4 Å². The zero-order valence-electron chi connectivity index (χ0n) is 10.1. The molecule has 0 bridgehead atoms. The highest BCUT2D eigenvalue weighted by Gasteiger charge is 2.53. The molecule has 0 atom stereocenters. The molecular formula is C12H18N4S. The molecule has 2 aliphatic rings. The Labute approximate surface area is 106 Å². The number of anilines is 2. The predicted molar refractivity (Wildman–Crippen MR) is 71.1 cm³/mol. The van der Waals surface area contributed by atoms with Crippen molar-refractivity contribution in [1.29, 1.82) is 0 Å². The number of hydrogen-bond acceptors (Lipinski definition) is 5. The highest BCUT2D eigenvalue weighted by molar-refractivity contribution is 7.98. The van der Waals surface area contributed by atoms with Crippen molar-refractivity contribution in [3.05, 3.63) is 6.07 Å². The van der Waals surface area contributed by atoms with E-state index in [4.69, 9.17) is 5.73 Å². The largest absolute Gasteiger partial charge is 0.383 e. The van der Waals surface area contributed by atoms with Crippen LogP contribution in [0.3, 0.4) is 0 Å². The van der Waals surface area contributed by atoms with Crippen molar-refractivity contribution in [3.63, 3.8) is 0 Å². The molecule has 0 amide bonds. The summed E-state index contributed by atoms with van der Waals surface area (Å²) in [6.07, 6.45) is 7.56. The van der Waals surface area contributed by atoms with Gasteiger partial charge in [0.2, 0.25) is 0 Å². The normalized spacial score (nSPS) is 21.2. The van der Waals surface area contributed by atoms with Crippen LogP contribution in [0, 0.1) is 11.3 Å². The van der Waals surface area contributed by atoms with E-state index in [0.29, 0.717) is 11.2 Å². The molecule has 92 valence electrons. The van der Waals surface area contributed by atoms with Crippen LogP contribution >= 0.6 is 11.8 Å². The van der Waals surface area contributed by atoms with Crippen molar-refractivity contribution in [3.8, 4) is 0 Å². The smallest absolute Gasteiger partial charge is 0.191 e. The number of nitrogens with two attached hydrogens (primary N) is 1. The Bertz CT molecular complexity index is 427. The number of thioether (sulfide) groups is 1. The first kappa shape index (κ1) is 11.1. The summed E-state index contributed by atoms with van der Waals surface area (Å²) in [6, 6.07) is 1.82. The van der Waals surface area contributed by atoms with Crippen LogP contribution in [0.15, 0.2) is 11.2 Å². The first-order valence-corrected chi connectivity index (χ1v) is 7.37. The predicted octanol–water partition coefficient (Wildman–Crippen LogP) is 2.38. The maximum Gasteiger partial charge on any atom is 0.191 e. The summed E-state index contributed by atoms with van der Waals surface area (Å²) in [5.41, 5.74) is 6.34. The first-order chi connectivity index (χ1) is 8.22. The third kappa shape index (κ3) is 2.34. The lowest BCUT2D eigenvalue weighted by Gasteiger charge is -2.15. The Hall–Kier alpha value is -0.970. The summed E-state index contributed by atoms with van der Waals surface area (Å²) >= 11 is 1.52. The van der Waals surface area contributed by atoms with Crippen LogP contribution in [0.1, 0.15) is 25.7 Å². The third-order valence-electron chi connectivity index (χ3n) is 3.87. The van der Waals surface area contributed by atoms with Crippen LogP contribution in [0.2, 0.25) is 0 Å². The standard InChI is InChI=1S/C12H18N4S/c1-17-11-15-9(13)6-10(16-11)14-7-12(4-5-12)8-2-3-8/h6,8H,2-5,7H2,1H3,(H3,13,14,15,16). The molecule has 1 aromatic rings. The molecule has 2 aliphatic carbocycles. The van der Waals surface area contributed by atoms with E-state index in [9.17, 15) is 0 Å². The second-order valence-electron chi connectivity index (χ2n) is 5.15. The molecule has 0 saturated heterocycles. The fourth-order valence-electron chi connectivity index (χ4n) is 2.48. The van der Waals surface area contributed by atoms with E-state index >= 15 is 0 Å². The van der Waals surface area contributed by atoms with E-state index in [1.807, 2.05) is 12.3 Å². The summed E-state index contributed by atoms with van der Waals surface area (Å²) in [5.74, 6) is 2.38. The van der Waals surface area contributed by atoms with Gasteiger partial charge in [-0.3, -0.25) is 0 Å². The molecular weight excluding hydrogens is 232 g/mol. The molecule has 2 saturated carbocycles. The summed E-state index contributed by atoms with van der Waals surface area (Å²) in [7, 11) is 0. The van der Waals surface area contributed by atoms with Gasteiger partial charge < -0.3 is 11.1 Å². The molecule has 3 N–H and O–H groups in total. The van der Waals surface area contributed by atoms with Gasteiger partial charge in [0, 0.05) is 12.6 Å². The Balaban J connectivity index is 1.66. The van der Waals surface area contributed by atoms with Crippen molar-refractivity contribution in [2.24, 2.45) is 11.3 Å². The average Bonchev–Trinajstić information content (AvgIpc) is 3.15. The monoisotopic (exact) mass is 250 g/mol. The van der Waals surface area contributed by atoms with Crippen LogP contribution in [0.5, 0.6) is 0 Å². The molecule has 0 radical (unpaired) electrons. The topological polar surface area (TPSA) is 63.8 Å². The van der Waals surface area contributed by atoms with Gasteiger partial charge >= 0.3 is 0 Å². The van der Waals surface area contributed by atoms with E-state index in [2.05, 4.69) is 15.3 Å². The zero-order chi connectivity index (χ0) is 11.9. The van der Waals surface area contributed by atoms with Gasteiger partial charge in [-0.1, -0.05) is 11.8 Å². The Morgan fingerprint density at radius 1 is 1.47 bits per heavy atom. The SMILES string of the molecule is CSc1nc(N)cc(NCC2(C3CC3)CC2)n1. The fourth-order valence-corrected chi connectivity index (χ4v) is 2.86. The quantitative estimate of drug-likeness (QED) is 0.620. The minimum atomic E-state index is 0.545. The van der Waals surface area contributed by atoms with Crippen molar-refractivity contribution in [2.45, 2.75) is 30.8 Å². The van der Waals surface area contributed by atoms with Gasteiger partial charge in [0.05, 0.1) is 0 Å². The molecule has 5 heteroatoms. The van der Waals surface area contributed by atoms with E-state index in [1.54, 1.807) is 0 Å². The lowest BCUT2D eigenvalue weighted by atomic mass is 10.0. The average molecular weight is 250 g/mol. The molecule has 0 unspecified atom stereocenters. The Kier molecular flexibility index (Phi) is 2.65. The fraction of sp³-hybridized carbons (Fsp3) is 0.667. The van der Waals surface area contributed by atoms with Crippen molar-refractivity contribution in [1.82, 2.24) is 9.97 Å². The lowest BCUT2D eigenvalue weighted by molar-refractivity contribution is 0.466. The number of rotatable bonds is 5. The highest BCUT2D eigenvalue weighted by Crippen LogP contribution is 2.61. The van der Waals surface area contributed by atoms with Crippen molar-refractivity contribution in [2.75, 3.05) is 23.9 Å². The Morgan fingerprint density at radius 3 is 2.82 bits per heavy atom. The number of aromatic nitrogens is 2. The van der Waals surface area contributed by atoms with Crippen LogP contribution in [0.4, 0.5) is 11.6 Å². The second-order valence-corrected chi connectivity index (χ2v) is 5.93.